The molecule has 6 nitrogen and oxygen atoms in total. The Morgan fingerprint density at radius 3 is 2.07 bits per heavy atom. The average molecular weight is 362 g/mol. The summed E-state index contributed by atoms with van der Waals surface area (Å²) in [6, 6.07) is 22.5. The van der Waals surface area contributed by atoms with E-state index in [0.29, 0.717) is 22.9 Å². The molecule has 3 rings (SSSR count). The van der Waals surface area contributed by atoms with Gasteiger partial charge in [0.1, 0.15) is 5.75 Å². The Labute approximate surface area is 156 Å². The zero-order valence-electron chi connectivity index (χ0n) is 14.6. The fourth-order valence-electron chi connectivity index (χ4n) is 2.43. The maximum Gasteiger partial charge on any atom is 0.339 e. The van der Waals surface area contributed by atoms with Gasteiger partial charge in [-0.05, 0) is 36.4 Å². The van der Waals surface area contributed by atoms with Crippen LogP contribution in [0.3, 0.4) is 0 Å². The van der Waals surface area contributed by atoms with E-state index in [2.05, 4.69) is 10.6 Å². The number of hydrogen-bond donors (Lipinski definition) is 2. The van der Waals surface area contributed by atoms with Crippen LogP contribution in [0.25, 0.3) is 0 Å². The summed E-state index contributed by atoms with van der Waals surface area (Å²) in [6.07, 6.45) is 0. The van der Waals surface area contributed by atoms with E-state index in [9.17, 15) is 9.59 Å². The van der Waals surface area contributed by atoms with Crippen molar-refractivity contribution in [3.63, 3.8) is 0 Å². The second kappa shape index (κ2) is 8.53. The number of rotatable bonds is 5. The summed E-state index contributed by atoms with van der Waals surface area (Å²) >= 11 is 0. The van der Waals surface area contributed by atoms with Crippen LogP contribution < -0.4 is 15.4 Å². The average Bonchev–Trinajstić information content (AvgIpc) is 2.70. The number of ether oxygens (including phenoxy) is 2. The Kier molecular flexibility index (Phi) is 5.69. The van der Waals surface area contributed by atoms with Gasteiger partial charge in [0.05, 0.1) is 24.0 Å². The number of amides is 2. The van der Waals surface area contributed by atoms with Crippen molar-refractivity contribution in [3.05, 3.63) is 84.4 Å². The van der Waals surface area contributed by atoms with Crippen LogP contribution in [-0.4, -0.2) is 19.1 Å². The van der Waals surface area contributed by atoms with Crippen molar-refractivity contribution < 1.29 is 19.1 Å². The van der Waals surface area contributed by atoms with Gasteiger partial charge in [0.2, 0.25) is 0 Å². The van der Waals surface area contributed by atoms with E-state index in [1.807, 2.05) is 36.4 Å². The monoisotopic (exact) mass is 362 g/mol. The van der Waals surface area contributed by atoms with Gasteiger partial charge in [-0.25, -0.2) is 9.59 Å². The normalized spacial score (nSPS) is 9.96. The SMILES string of the molecule is COC(=O)c1ccccc1NC(=O)Nc1ccccc1Oc1ccccc1. The third kappa shape index (κ3) is 4.64. The van der Waals surface area contributed by atoms with Crippen molar-refractivity contribution in [2.75, 3.05) is 17.7 Å². The van der Waals surface area contributed by atoms with E-state index in [1.165, 1.54) is 7.11 Å². The zero-order valence-corrected chi connectivity index (χ0v) is 14.6. The van der Waals surface area contributed by atoms with Crippen LogP contribution in [-0.2, 0) is 4.74 Å². The fraction of sp³-hybridized carbons (Fsp3) is 0.0476. The third-order valence-electron chi connectivity index (χ3n) is 3.69. The molecule has 0 aliphatic carbocycles. The van der Waals surface area contributed by atoms with Crippen molar-refractivity contribution in [2.24, 2.45) is 0 Å². The standard InChI is InChI=1S/C21H18N2O4/c1-26-20(24)16-11-5-6-12-17(16)22-21(25)23-18-13-7-8-14-19(18)27-15-9-3-2-4-10-15/h2-14H,1H3,(H2,22,23,25). The molecule has 0 saturated carbocycles. The molecule has 0 spiro atoms. The first kappa shape index (κ1) is 18.0. The van der Waals surface area contributed by atoms with Crippen LogP contribution in [0, 0.1) is 0 Å². The number of hydrogen-bond acceptors (Lipinski definition) is 4. The third-order valence-corrected chi connectivity index (χ3v) is 3.69. The second-order valence-corrected chi connectivity index (χ2v) is 5.53. The number of carbonyl (C=O) groups is 2. The summed E-state index contributed by atoms with van der Waals surface area (Å²) in [5, 5.41) is 5.40. The van der Waals surface area contributed by atoms with Crippen LogP contribution in [0.15, 0.2) is 78.9 Å². The number of anilines is 2. The lowest BCUT2D eigenvalue weighted by Gasteiger charge is -2.14. The largest absolute Gasteiger partial charge is 0.465 e. The molecule has 0 bridgehead atoms. The van der Waals surface area contributed by atoms with Gasteiger partial charge in [-0.15, -0.1) is 0 Å². The van der Waals surface area contributed by atoms with E-state index in [0.717, 1.165) is 0 Å². The molecule has 0 fully saturated rings. The molecule has 6 heteroatoms. The molecule has 136 valence electrons. The van der Waals surface area contributed by atoms with Crippen LogP contribution >= 0.6 is 0 Å². The number of carbonyl (C=O) groups excluding carboxylic acids is 2. The van der Waals surface area contributed by atoms with Crippen LogP contribution in [0.5, 0.6) is 11.5 Å². The van der Waals surface area contributed by atoms with Gasteiger partial charge in [0, 0.05) is 0 Å². The van der Waals surface area contributed by atoms with Crippen molar-refractivity contribution in [3.8, 4) is 11.5 Å². The highest BCUT2D eigenvalue weighted by atomic mass is 16.5. The van der Waals surface area contributed by atoms with E-state index < -0.39 is 12.0 Å². The lowest BCUT2D eigenvalue weighted by molar-refractivity contribution is 0.0602. The first-order chi connectivity index (χ1) is 13.2. The summed E-state index contributed by atoms with van der Waals surface area (Å²) < 4.78 is 10.6. The lowest BCUT2D eigenvalue weighted by atomic mass is 10.2. The molecule has 0 heterocycles. The zero-order chi connectivity index (χ0) is 19.1. The van der Waals surface area contributed by atoms with Gasteiger partial charge >= 0.3 is 12.0 Å². The van der Waals surface area contributed by atoms with E-state index in [4.69, 9.17) is 9.47 Å². The van der Waals surface area contributed by atoms with Crippen LogP contribution in [0.2, 0.25) is 0 Å². The number of benzene rings is 3. The molecule has 0 atom stereocenters. The molecule has 0 aliphatic rings. The predicted octanol–water partition coefficient (Wildman–Crippen LogP) is 4.91. The van der Waals surface area contributed by atoms with Crippen LogP contribution in [0.1, 0.15) is 10.4 Å². The fourth-order valence-corrected chi connectivity index (χ4v) is 2.43. The van der Waals surface area contributed by atoms with Gasteiger partial charge in [-0.2, -0.15) is 0 Å². The number of para-hydroxylation sites is 4. The minimum atomic E-state index is -0.529. The number of methoxy groups -OCH3 is 1. The molecule has 2 amide bonds. The maximum atomic E-state index is 12.4. The summed E-state index contributed by atoms with van der Waals surface area (Å²) in [5.74, 6) is 0.627. The minimum absolute atomic E-state index is 0.268. The quantitative estimate of drug-likeness (QED) is 0.632. The van der Waals surface area contributed by atoms with Gasteiger partial charge in [0.25, 0.3) is 0 Å². The molecule has 2 N–H and O–H groups in total. The second-order valence-electron chi connectivity index (χ2n) is 5.53. The Hall–Kier alpha value is -3.80. The highest BCUT2D eigenvalue weighted by Gasteiger charge is 2.14. The molecular formula is C21H18N2O4. The summed E-state index contributed by atoms with van der Waals surface area (Å²) in [4.78, 5) is 24.2. The molecule has 27 heavy (non-hydrogen) atoms. The molecule has 0 unspecified atom stereocenters. The molecular weight excluding hydrogens is 344 g/mol. The lowest BCUT2D eigenvalue weighted by Crippen LogP contribution is -2.21. The van der Waals surface area contributed by atoms with Gasteiger partial charge in [-0.3, -0.25) is 0 Å². The highest BCUT2D eigenvalue weighted by molar-refractivity contribution is 6.05. The van der Waals surface area contributed by atoms with Gasteiger partial charge in [-0.1, -0.05) is 42.5 Å². The first-order valence-corrected chi connectivity index (χ1v) is 8.24. The van der Waals surface area contributed by atoms with Gasteiger partial charge in [0.15, 0.2) is 5.75 Å². The molecule has 0 saturated heterocycles. The molecule has 3 aromatic carbocycles. The molecule has 0 aromatic heterocycles. The Morgan fingerprint density at radius 1 is 0.741 bits per heavy atom. The van der Waals surface area contributed by atoms with Crippen molar-refractivity contribution in [2.45, 2.75) is 0 Å². The maximum absolute atomic E-state index is 12.4. The highest BCUT2D eigenvalue weighted by Crippen LogP contribution is 2.29. The Morgan fingerprint density at radius 2 is 1.33 bits per heavy atom. The summed E-state index contributed by atoms with van der Waals surface area (Å²) in [6.45, 7) is 0. The Bertz CT molecular complexity index is 942. The number of esters is 1. The summed E-state index contributed by atoms with van der Waals surface area (Å²) in [7, 11) is 1.29. The van der Waals surface area contributed by atoms with E-state index >= 15 is 0 Å². The van der Waals surface area contributed by atoms with Gasteiger partial charge < -0.3 is 20.1 Å². The number of urea groups is 1. The predicted molar refractivity (Wildman–Crippen MR) is 103 cm³/mol. The van der Waals surface area contributed by atoms with Crippen molar-refractivity contribution in [1.29, 1.82) is 0 Å². The molecule has 3 aromatic rings. The Balaban J connectivity index is 1.75. The van der Waals surface area contributed by atoms with Crippen molar-refractivity contribution >= 4 is 23.4 Å². The van der Waals surface area contributed by atoms with E-state index in [1.54, 1.807) is 42.5 Å². The van der Waals surface area contributed by atoms with Crippen molar-refractivity contribution in [1.82, 2.24) is 0 Å². The molecule has 0 radical (unpaired) electrons. The molecule has 0 aliphatic heterocycles. The first-order valence-electron chi connectivity index (χ1n) is 8.24. The minimum Gasteiger partial charge on any atom is -0.465 e. The smallest absolute Gasteiger partial charge is 0.339 e. The van der Waals surface area contributed by atoms with E-state index in [-0.39, 0.29) is 5.56 Å². The topological polar surface area (TPSA) is 76.7 Å². The number of nitrogens with one attached hydrogen (secondary N) is 2. The summed E-state index contributed by atoms with van der Waals surface area (Å²) in [5.41, 5.74) is 1.11. The van der Waals surface area contributed by atoms with Crippen LogP contribution in [0.4, 0.5) is 16.2 Å².